The Balaban J connectivity index is 1.61. The molecule has 0 radical (unpaired) electrons. The lowest BCUT2D eigenvalue weighted by Crippen LogP contribution is -2.26. The van der Waals surface area contributed by atoms with E-state index in [-0.39, 0.29) is 11.7 Å². The van der Waals surface area contributed by atoms with E-state index in [1.54, 1.807) is 18.2 Å². The van der Waals surface area contributed by atoms with Crippen molar-refractivity contribution in [1.82, 2.24) is 20.1 Å². The van der Waals surface area contributed by atoms with Crippen LogP contribution in [0.2, 0.25) is 0 Å². The Labute approximate surface area is 157 Å². The molecule has 0 unspecified atom stereocenters. The zero-order chi connectivity index (χ0) is 18.4. The molecule has 0 spiro atoms. The third-order valence-corrected chi connectivity index (χ3v) is 5.32. The van der Waals surface area contributed by atoms with E-state index in [1.165, 1.54) is 30.7 Å². The quantitative estimate of drug-likeness (QED) is 0.498. The van der Waals surface area contributed by atoms with Crippen LogP contribution in [0.15, 0.2) is 29.4 Å². The first-order valence-corrected chi connectivity index (χ1v) is 10.3. The van der Waals surface area contributed by atoms with E-state index in [0.29, 0.717) is 28.3 Å². The van der Waals surface area contributed by atoms with Crippen LogP contribution in [0.25, 0.3) is 11.4 Å². The number of nitrogens with zero attached hydrogens (tertiary/aromatic N) is 3. The molecule has 1 aromatic heterocycles. The number of carbonyl (C=O) groups is 1. The summed E-state index contributed by atoms with van der Waals surface area (Å²) in [6.07, 6.45) is 6.62. The third-order valence-electron chi connectivity index (χ3n) is 4.38. The van der Waals surface area contributed by atoms with E-state index in [1.807, 2.05) is 4.57 Å². The first-order valence-electron chi connectivity index (χ1n) is 9.30. The molecule has 1 aliphatic carbocycles. The first kappa shape index (κ1) is 18.9. The Morgan fingerprint density at radius 1 is 1.27 bits per heavy atom. The standard InChI is InChI=1S/C19H25FN4OS/c1-2-3-4-7-12-21-17(25)13-26-19-23-22-18(24(19)14-10-11-14)15-8-5-6-9-16(15)20/h5-6,8-9,14H,2-4,7,10-13H2,1H3,(H,21,25). The van der Waals surface area contributed by atoms with Gasteiger partial charge in [0.15, 0.2) is 11.0 Å². The van der Waals surface area contributed by atoms with Crippen LogP contribution in [-0.2, 0) is 4.79 Å². The Bertz CT molecular complexity index is 745. The van der Waals surface area contributed by atoms with Crippen LogP contribution in [0.3, 0.4) is 0 Å². The molecule has 5 nitrogen and oxygen atoms in total. The fraction of sp³-hybridized carbons (Fsp3) is 0.526. The lowest BCUT2D eigenvalue weighted by Gasteiger charge is -2.09. The summed E-state index contributed by atoms with van der Waals surface area (Å²) < 4.78 is 16.1. The summed E-state index contributed by atoms with van der Waals surface area (Å²) in [5, 5.41) is 12.1. The summed E-state index contributed by atoms with van der Waals surface area (Å²) in [5.41, 5.74) is 0.458. The molecule has 0 saturated heterocycles. The second-order valence-corrected chi connectivity index (χ2v) is 7.53. The van der Waals surface area contributed by atoms with Gasteiger partial charge in [-0.05, 0) is 31.4 Å². The highest BCUT2D eigenvalue weighted by molar-refractivity contribution is 7.99. The number of hydrogen-bond acceptors (Lipinski definition) is 4. The van der Waals surface area contributed by atoms with Gasteiger partial charge < -0.3 is 5.32 Å². The molecule has 7 heteroatoms. The number of rotatable bonds is 10. The summed E-state index contributed by atoms with van der Waals surface area (Å²) in [6, 6.07) is 6.91. The van der Waals surface area contributed by atoms with Crippen LogP contribution in [0.5, 0.6) is 0 Å². The number of unbranched alkanes of at least 4 members (excludes halogenated alkanes) is 3. The topological polar surface area (TPSA) is 59.8 Å². The number of aromatic nitrogens is 3. The van der Waals surface area contributed by atoms with Crippen molar-refractivity contribution in [3.8, 4) is 11.4 Å². The molecule has 2 aromatic rings. The van der Waals surface area contributed by atoms with Gasteiger partial charge in [-0.1, -0.05) is 50.1 Å². The minimum Gasteiger partial charge on any atom is -0.355 e. The SMILES string of the molecule is CCCCCCNC(=O)CSc1nnc(-c2ccccc2F)n1C1CC1. The molecule has 0 aliphatic heterocycles. The van der Waals surface area contributed by atoms with Crippen molar-refractivity contribution in [1.29, 1.82) is 0 Å². The zero-order valence-electron chi connectivity index (χ0n) is 15.1. The maximum atomic E-state index is 14.1. The molecule has 1 fully saturated rings. The van der Waals surface area contributed by atoms with Crippen molar-refractivity contribution in [3.05, 3.63) is 30.1 Å². The van der Waals surface area contributed by atoms with Gasteiger partial charge in [-0.2, -0.15) is 0 Å². The molecule has 0 atom stereocenters. The minimum atomic E-state index is -0.303. The lowest BCUT2D eigenvalue weighted by molar-refractivity contribution is -0.118. The van der Waals surface area contributed by atoms with Gasteiger partial charge in [0.2, 0.25) is 5.91 Å². The zero-order valence-corrected chi connectivity index (χ0v) is 15.9. The molecule has 1 heterocycles. The summed E-state index contributed by atoms with van der Waals surface area (Å²) in [6.45, 7) is 2.88. The van der Waals surface area contributed by atoms with E-state index in [0.717, 1.165) is 32.2 Å². The highest BCUT2D eigenvalue weighted by Crippen LogP contribution is 2.41. The molecule has 26 heavy (non-hydrogen) atoms. The molecule has 0 bridgehead atoms. The fourth-order valence-corrected chi connectivity index (χ4v) is 3.66. The van der Waals surface area contributed by atoms with Gasteiger partial charge in [-0.3, -0.25) is 9.36 Å². The van der Waals surface area contributed by atoms with Crippen molar-refractivity contribution < 1.29 is 9.18 Å². The molecule has 1 aliphatic rings. The average molecular weight is 377 g/mol. The number of benzene rings is 1. The van der Waals surface area contributed by atoms with E-state index >= 15 is 0 Å². The number of thioether (sulfide) groups is 1. The van der Waals surface area contributed by atoms with E-state index < -0.39 is 0 Å². The molecular weight excluding hydrogens is 351 g/mol. The van der Waals surface area contributed by atoms with E-state index in [9.17, 15) is 9.18 Å². The number of carbonyl (C=O) groups excluding carboxylic acids is 1. The Hall–Kier alpha value is -1.89. The molecule has 1 saturated carbocycles. The smallest absolute Gasteiger partial charge is 0.230 e. The van der Waals surface area contributed by atoms with Crippen molar-refractivity contribution in [2.45, 2.75) is 56.6 Å². The highest BCUT2D eigenvalue weighted by Gasteiger charge is 2.31. The van der Waals surface area contributed by atoms with Crippen LogP contribution in [0.1, 0.15) is 51.5 Å². The Morgan fingerprint density at radius 3 is 2.81 bits per heavy atom. The predicted octanol–water partition coefficient (Wildman–Crippen LogP) is 4.21. The molecule has 3 rings (SSSR count). The number of nitrogens with one attached hydrogen (secondary N) is 1. The Morgan fingerprint density at radius 2 is 2.08 bits per heavy atom. The molecule has 1 N–H and O–H groups in total. The van der Waals surface area contributed by atoms with Crippen molar-refractivity contribution in [2.75, 3.05) is 12.3 Å². The van der Waals surface area contributed by atoms with Crippen LogP contribution in [-0.4, -0.2) is 33.0 Å². The minimum absolute atomic E-state index is 0.00397. The molecular formula is C19H25FN4OS. The summed E-state index contributed by atoms with van der Waals surface area (Å²) in [7, 11) is 0. The number of amides is 1. The highest BCUT2D eigenvalue weighted by atomic mass is 32.2. The maximum absolute atomic E-state index is 14.1. The van der Waals surface area contributed by atoms with Gasteiger partial charge in [-0.25, -0.2) is 4.39 Å². The van der Waals surface area contributed by atoms with Crippen molar-refractivity contribution in [2.24, 2.45) is 0 Å². The number of hydrogen-bond donors (Lipinski definition) is 1. The monoisotopic (exact) mass is 376 g/mol. The Kier molecular flexibility index (Phi) is 6.66. The van der Waals surface area contributed by atoms with Crippen molar-refractivity contribution in [3.63, 3.8) is 0 Å². The lowest BCUT2D eigenvalue weighted by atomic mass is 10.2. The van der Waals surface area contributed by atoms with E-state index in [4.69, 9.17) is 0 Å². The predicted molar refractivity (Wildman–Crippen MR) is 102 cm³/mol. The van der Waals surface area contributed by atoms with Gasteiger partial charge >= 0.3 is 0 Å². The van der Waals surface area contributed by atoms with Gasteiger partial charge in [-0.15, -0.1) is 10.2 Å². The molecule has 140 valence electrons. The number of halogens is 1. The largest absolute Gasteiger partial charge is 0.355 e. The van der Waals surface area contributed by atoms with Gasteiger partial charge in [0.1, 0.15) is 5.82 Å². The second kappa shape index (κ2) is 9.16. The maximum Gasteiger partial charge on any atom is 0.230 e. The average Bonchev–Trinajstić information content (AvgIpc) is 3.40. The summed E-state index contributed by atoms with van der Waals surface area (Å²) in [4.78, 5) is 12.0. The normalized spacial score (nSPS) is 13.8. The van der Waals surface area contributed by atoms with E-state index in [2.05, 4.69) is 22.4 Å². The fourth-order valence-electron chi connectivity index (χ4n) is 2.82. The first-order chi connectivity index (χ1) is 12.7. The van der Waals surface area contributed by atoms with Crippen LogP contribution in [0.4, 0.5) is 4.39 Å². The third kappa shape index (κ3) is 4.84. The molecule has 1 amide bonds. The van der Waals surface area contributed by atoms with Crippen LogP contribution in [0, 0.1) is 5.82 Å². The van der Waals surface area contributed by atoms with Gasteiger partial charge in [0.05, 0.1) is 11.3 Å². The van der Waals surface area contributed by atoms with Gasteiger partial charge in [0, 0.05) is 12.6 Å². The summed E-state index contributed by atoms with van der Waals surface area (Å²) in [5.74, 6) is 0.552. The van der Waals surface area contributed by atoms with Crippen LogP contribution < -0.4 is 5.32 Å². The van der Waals surface area contributed by atoms with Crippen LogP contribution >= 0.6 is 11.8 Å². The van der Waals surface area contributed by atoms with Crippen molar-refractivity contribution >= 4 is 17.7 Å². The molecule has 1 aromatic carbocycles. The summed E-state index contributed by atoms with van der Waals surface area (Å²) >= 11 is 1.37. The second-order valence-electron chi connectivity index (χ2n) is 6.59. The van der Waals surface area contributed by atoms with Gasteiger partial charge in [0.25, 0.3) is 0 Å².